The molecule has 1 aliphatic carbocycles. The number of guanidine groups is 1. The van der Waals surface area contributed by atoms with E-state index in [1.807, 2.05) is 12.1 Å². The Morgan fingerprint density at radius 1 is 1.22 bits per heavy atom. The van der Waals surface area contributed by atoms with Crippen LogP contribution in [0.1, 0.15) is 37.7 Å². The molecule has 3 rings (SSSR count). The molecule has 1 heterocycles. The van der Waals surface area contributed by atoms with E-state index in [0.717, 1.165) is 50.0 Å². The summed E-state index contributed by atoms with van der Waals surface area (Å²) in [5.41, 5.74) is 1.13. The van der Waals surface area contributed by atoms with Crippen LogP contribution in [0.4, 0.5) is 0 Å². The highest BCUT2D eigenvalue weighted by Gasteiger charge is 2.48. The number of nitrogens with one attached hydrogen (secondary N) is 1. The molecule has 0 aromatic heterocycles. The van der Waals surface area contributed by atoms with Gasteiger partial charge in [0.1, 0.15) is 5.75 Å². The molecule has 2 N–H and O–H groups in total. The summed E-state index contributed by atoms with van der Waals surface area (Å²) in [7, 11) is -1.29. The van der Waals surface area contributed by atoms with E-state index in [4.69, 9.17) is 0 Å². The van der Waals surface area contributed by atoms with Crippen molar-refractivity contribution in [2.24, 2.45) is 4.99 Å². The molecular weight excluding hydrogens is 477 g/mol. The predicted molar refractivity (Wildman–Crippen MR) is 120 cm³/mol. The van der Waals surface area contributed by atoms with E-state index >= 15 is 0 Å². The molecule has 1 saturated carbocycles. The van der Waals surface area contributed by atoms with Gasteiger partial charge in [0.2, 0.25) is 0 Å². The molecule has 0 atom stereocenters. The number of halogens is 1. The van der Waals surface area contributed by atoms with Gasteiger partial charge in [0.25, 0.3) is 0 Å². The first-order chi connectivity index (χ1) is 12.5. The average molecular weight is 507 g/mol. The van der Waals surface area contributed by atoms with Crippen LogP contribution in [0.5, 0.6) is 5.75 Å². The summed E-state index contributed by atoms with van der Waals surface area (Å²) >= 11 is 0. The largest absolute Gasteiger partial charge is 0.508 e. The second-order valence-electron chi connectivity index (χ2n) is 7.37. The van der Waals surface area contributed by atoms with E-state index in [0.29, 0.717) is 19.6 Å². The van der Waals surface area contributed by atoms with Gasteiger partial charge < -0.3 is 15.3 Å². The summed E-state index contributed by atoms with van der Waals surface area (Å²) in [5.74, 6) is 1.26. The minimum atomic E-state index is -3.04. The van der Waals surface area contributed by atoms with Crippen molar-refractivity contribution in [3.8, 4) is 5.75 Å². The van der Waals surface area contributed by atoms with Crippen LogP contribution in [0.25, 0.3) is 0 Å². The molecule has 0 radical (unpaired) electrons. The first-order valence-corrected chi connectivity index (χ1v) is 11.1. The van der Waals surface area contributed by atoms with Crippen LogP contribution < -0.4 is 5.32 Å². The first kappa shape index (κ1) is 22.3. The molecule has 0 bridgehead atoms. The maximum atomic E-state index is 12.7. The fourth-order valence-electron chi connectivity index (χ4n) is 4.13. The second kappa shape index (κ2) is 9.45. The number of aromatic hydroxyl groups is 1. The van der Waals surface area contributed by atoms with Gasteiger partial charge in [0.15, 0.2) is 15.8 Å². The third kappa shape index (κ3) is 5.07. The Labute approximate surface area is 179 Å². The average Bonchev–Trinajstić information content (AvgIpc) is 2.64. The van der Waals surface area contributed by atoms with Crippen molar-refractivity contribution in [1.29, 1.82) is 0 Å². The Morgan fingerprint density at radius 2 is 1.89 bits per heavy atom. The van der Waals surface area contributed by atoms with Crippen molar-refractivity contribution in [1.82, 2.24) is 10.2 Å². The highest BCUT2D eigenvalue weighted by molar-refractivity contribution is 14.0. The van der Waals surface area contributed by atoms with Gasteiger partial charge >= 0.3 is 0 Å². The summed E-state index contributed by atoms with van der Waals surface area (Å²) in [5, 5.41) is 12.7. The number of nitrogens with zero attached hydrogens (tertiary/aromatic N) is 2. The van der Waals surface area contributed by atoms with Crippen LogP contribution in [-0.4, -0.2) is 61.6 Å². The molecule has 0 unspecified atom stereocenters. The lowest BCUT2D eigenvalue weighted by Gasteiger charge is -2.45. The third-order valence-corrected chi connectivity index (χ3v) is 8.25. The quantitative estimate of drug-likeness (QED) is 0.374. The molecular formula is C19H30IN3O3S. The lowest BCUT2D eigenvalue weighted by molar-refractivity contribution is 0.274. The Kier molecular flexibility index (Phi) is 7.79. The zero-order valence-electron chi connectivity index (χ0n) is 15.9. The molecule has 1 aromatic carbocycles. The molecule has 152 valence electrons. The molecule has 1 aliphatic heterocycles. The molecule has 2 fully saturated rings. The predicted octanol–water partition coefficient (Wildman–Crippen LogP) is 2.56. The number of phenols is 1. The van der Waals surface area contributed by atoms with Crippen molar-refractivity contribution in [2.75, 3.05) is 32.4 Å². The second-order valence-corrected chi connectivity index (χ2v) is 9.88. The van der Waals surface area contributed by atoms with Gasteiger partial charge in [-0.15, -0.1) is 24.0 Å². The standard InChI is InChI=1S/C19H29N3O3S.HI/c1-20-18(21-12-9-16-5-7-17(23)8-6-16)22-13-14-26(24,25)19(15-22)10-3-2-4-11-19;/h5-8,23H,2-4,9-15H2,1H3,(H,20,21);1H. The van der Waals surface area contributed by atoms with Crippen LogP contribution in [-0.2, 0) is 16.3 Å². The molecule has 27 heavy (non-hydrogen) atoms. The number of phenolic OH excluding ortho intramolecular Hbond substituents is 1. The zero-order chi connectivity index (χ0) is 18.6. The van der Waals surface area contributed by atoms with Gasteiger partial charge in [-0.05, 0) is 37.0 Å². The Balaban J connectivity index is 0.00000261. The van der Waals surface area contributed by atoms with Crippen molar-refractivity contribution in [3.63, 3.8) is 0 Å². The zero-order valence-corrected chi connectivity index (χ0v) is 19.0. The third-order valence-electron chi connectivity index (χ3n) is 5.68. The number of hydrogen-bond acceptors (Lipinski definition) is 4. The van der Waals surface area contributed by atoms with Crippen molar-refractivity contribution < 1.29 is 13.5 Å². The van der Waals surface area contributed by atoms with Gasteiger partial charge in [-0.2, -0.15) is 0 Å². The Bertz CT molecular complexity index is 744. The summed E-state index contributed by atoms with van der Waals surface area (Å²) < 4.78 is 24.9. The van der Waals surface area contributed by atoms with Gasteiger partial charge in [-0.3, -0.25) is 4.99 Å². The number of hydrogen-bond donors (Lipinski definition) is 2. The minimum Gasteiger partial charge on any atom is -0.508 e. The van der Waals surface area contributed by atoms with Crippen LogP contribution >= 0.6 is 24.0 Å². The van der Waals surface area contributed by atoms with E-state index in [2.05, 4.69) is 15.2 Å². The van der Waals surface area contributed by atoms with E-state index in [1.165, 1.54) is 0 Å². The van der Waals surface area contributed by atoms with Crippen molar-refractivity contribution in [3.05, 3.63) is 29.8 Å². The summed E-state index contributed by atoms with van der Waals surface area (Å²) in [6.07, 6.45) is 5.50. The number of aliphatic imine (C=N–C) groups is 1. The normalized spacial score (nSPS) is 21.5. The van der Waals surface area contributed by atoms with Gasteiger partial charge in [0, 0.05) is 26.7 Å². The SMILES string of the molecule is CN=C(NCCc1ccc(O)cc1)N1CCS(=O)(=O)C2(CCCCC2)C1.I. The molecule has 1 saturated heterocycles. The first-order valence-electron chi connectivity index (χ1n) is 9.42. The number of rotatable bonds is 3. The molecule has 6 nitrogen and oxygen atoms in total. The number of sulfone groups is 1. The summed E-state index contributed by atoms with van der Waals surface area (Å²) in [6, 6.07) is 7.19. The fraction of sp³-hybridized carbons (Fsp3) is 0.632. The van der Waals surface area contributed by atoms with E-state index in [9.17, 15) is 13.5 Å². The Morgan fingerprint density at radius 3 is 2.52 bits per heavy atom. The maximum Gasteiger partial charge on any atom is 0.193 e. The van der Waals surface area contributed by atoms with Crippen LogP contribution in [0.3, 0.4) is 0 Å². The lowest BCUT2D eigenvalue weighted by atomic mass is 9.87. The number of benzene rings is 1. The summed E-state index contributed by atoms with van der Waals surface area (Å²) in [6.45, 7) is 1.77. The molecule has 1 spiro atoms. The van der Waals surface area contributed by atoms with Gasteiger partial charge in [0.05, 0.1) is 10.5 Å². The van der Waals surface area contributed by atoms with Gasteiger partial charge in [-0.25, -0.2) is 8.42 Å². The van der Waals surface area contributed by atoms with Crippen LogP contribution in [0, 0.1) is 0 Å². The minimum absolute atomic E-state index is 0. The lowest BCUT2D eigenvalue weighted by Crippen LogP contribution is -2.60. The molecule has 0 amide bonds. The van der Waals surface area contributed by atoms with Crippen molar-refractivity contribution in [2.45, 2.75) is 43.3 Å². The van der Waals surface area contributed by atoms with Gasteiger partial charge in [-0.1, -0.05) is 31.4 Å². The molecule has 8 heteroatoms. The topological polar surface area (TPSA) is 82.0 Å². The fourth-order valence-corrected chi connectivity index (χ4v) is 6.29. The highest BCUT2D eigenvalue weighted by atomic mass is 127. The molecule has 2 aliphatic rings. The van der Waals surface area contributed by atoms with E-state index in [-0.39, 0.29) is 35.5 Å². The maximum absolute atomic E-state index is 12.7. The smallest absolute Gasteiger partial charge is 0.193 e. The van der Waals surface area contributed by atoms with E-state index in [1.54, 1.807) is 19.2 Å². The molecule has 1 aromatic rings. The Hall–Kier alpha value is -1.03. The van der Waals surface area contributed by atoms with E-state index < -0.39 is 14.6 Å². The summed E-state index contributed by atoms with van der Waals surface area (Å²) in [4.78, 5) is 6.49. The monoisotopic (exact) mass is 507 g/mol. The van der Waals surface area contributed by atoms with Crippen LogP contribution in [0.15, 0.2) is 29.3 Å². The van der Waals surface area contributed by atoms with Crippen molar-refractivity contribution >= 4 is 39.8 Å². The van der Waals surface area contributed by atoms with Crippen LogP contribution in [0.2, 0.25) is 0 Å². The highest BCUT2D eigenvalue weighted by Crippen LogP contribution is 2.38.